The molecule has 1 saturated carbocycles. The highest BCUT2D eigenvalue weighted by Crippen LogP contribution is 2.17. The highest BCUT2D eigenvalue weighted by Gasteiger charge is 2.14. The summed E-state index contributed by atoms with van der Waals surface area (Å²) < 4.78 is 0. The second-order valence-electron chi connectivity index (χ2n) is 4.89. The molecule has 1 fully saturated rings. The minimum Gasteiger partial charge on any atom is -0.307 e. The van der Waals surface area contributed by atoms with Crippen LogP contribution in [0, 0.1) is 0 Å². The zero-order valence-corrected chi connectivity index (χ0v) is 10.3. The third-order valence-electron chi connectivity index (χ3n) is 3.48. The lowest BCUT2D eigenvalue weighted by molar-refractivity contribution is -0.118. The van der Waals surface area contributed by atoms with Gasteiger partial charge in [0.25, 0.3) is 0 Å². The van der Waals surface area contributed by atoms with Gasteiger partial charge in [-0.2, -0.15) is 0 Å². The van der Waals surface area contributed by atoms with Crippen LogP contribution in [0.25, 0.3) is 0 Å². The van der Waals surface area contributed by atoms with Crippen molar-refractivity contribution in [3.8, 4) is 0 Å². The molecule has 0 aliphatic heterocycles. The van der Waals surface area contributed by atoms with E-state index in [4.69, 9.17) is 0 Å². The Morgan fingerprint density at radius 3 is 2.59 bits per heavy atom. The fourth-order valence-corrected chi connectivity index (χ4v) is 2.40. The second-order valence-corrected chi connectivity index (χ2v) is 4.89. The lowest BCUT2D eigenvalue weighted by atomic mass is 10.1. The molecule has 1 aliphatic rings. The smallest absolute Gasteiger partial charge is 0.146 e. The molecule has 0 aromatic heterocycles. The largest absolute Gasteiger partial charge is 0.307 e. The molecule has 0 unspecified atom stereocenters. The predicted octanol–water partition coefficient (Wildman–Crippen LogP) is 2.72. The molecule has 1 aromatic carbocycles. The maximum atomic E-state index is 11.7. The van der Waals surface area contributed by atoms with Crippen LogP contribution in [0.4, 0.5) is 0 Å². The summed E-state index contributed by atoms with van der Waals surface area (Å²) in [6.07, 6.45) is 6.64. The van der Waals surface area contributed by atoms with Crippen molar-refractivity contribution in [2.24, 2.45) is 0 Å². The summed E-state index contributed by atoms with van der Waals surface area (Å²) in [5.74, 6) is 0.334. The molecule has 0 atom stereocenters. The lowest BCUT2D eigenvalue weighted by Crippen LogP contribution is -2.31. The first kappa shape index (κ1) is 12.3. The van der Waals surface area contributed by atoms with Crippen LogP contribution >= 0.6 is 0 Å². The molecule has 0 radical (unpaired) electrons. The molecule has 0 saturated heterocycles. The van der Waals surface area contributed by atoms with Crippen LogP contribution in [0.3, 0.4) is 0 Å². The van der Waals surface area contributed by atoms with Crippen LogP contribution in [0.2, 0.25) is 0 Å². The van der Waals surface area contributed by atoms with Gasteiger partial charge in [-0.3, -0.25) is 4.79 Å². The molecular weight excluding hydrogens is 210 g/mol. The highest BCUT2D eigenvalue weighted by atomic mass is 16.1. The lowest BCUT2D eigenvalue weighted by Gasteiger charge is -2.10. The third kappa shape index (κ3) is 4.31. The number of nitrogens with one attached hydrogen (secondary N) is 1. The van der Waals surface area contributed by atoms with E-state index >= 15 is 0 Å². The maximum absolute atomic E-state index is 11.7. The Kier molecular flexibility index (Phi) is 4.75. The van der Waals surface area contributed by atoms with E-state index in [1.165, 1.54) is 31.2 Å². The number of carbonyl (C=O) groups excluding carboxylic acids is 1. The predicted molar refractivity (Wildman–Crippen MR) is 70.0 cm³/mol. The van der Waals surface area contributed by atoms with Crippen LogP contribution in [-0.2, 0) is 11.2 Å². The molecule has 1 aliphatic carbocycles. The Bertz CT molecular complexity index is 341. The molecule has 2 rings (SSSR count). The van der Waals surface area contributed by atoms with Crippen LogP contribution in [-0.4, -0.2) is 18.4 Å². The van der Waals surface area contributed by atoms with Gasteiger partial charge in [0.1, 0.15) is 5.78 Å². The average Bonchev–Trinajstić information content (AvgIpc) is 2.88. The van der Waals surface area contributed by atoms with Gasteiger partial charge in [-0.1, -0.05) is 43.2 Å². The zero-order valence-electron chi connectivity index (χ0n) is 10.3. The first-order valence-corrected chi connectivity index (χ1v) is 6.63. The molecular formula is C15H21NO. The molecule has 2 nitrogen and oxygen atoms in total. The van der Waals surface area contributed by atoms with E-state index in [-0.39, 0.29) is 0 Å². The van der Waals surface area contributed by atoms with E-state index in [2.05, 4.69) is 17.4 Å². The third-order valence-corrected chi connectivity index (χ3v) is 3.48. The number of hydrogen-bond acceptors (Lipinski definition) is 2. The second kappa shape index (κ2) is 6.55. The molecule has 17 heavy (non-hydrogen) atoms. The monoisotopic (exact) mass is 231 g/mol. The van der Waals surface area contributed by atoms with Gasteiger partial charge in [-0.25, -0.2) is 0 Å². The van der Waals surface area contributed by atoms with Gasteiger partial charge in [0.15, 0.2) is 0 Å². The normalized spacial score (nSPS) is 16.2. The van der Waals surface area contributed by atoms with Crippen molar-refractivity contribution >= 4 is 5.78 Å². The SMILES string of the molecule is O=C(CCc1ccccc1)CNC1CCCC1. The fraction of sp³-hybridized carbons (Fsp3) is 0.533. The molecule has 2 heteroatoms. The summed E-state index contributed by atoms with van der Waals surface area (Å²) in [7, 11) is 0. The first-order valence-electron chi connectivity index (χ1n) is 6.63. The van der Waals surface area contributed by atoms with Crippen LogP contribution in [0.15, 0.2) is 30.3 Å². The molecule has 92 valence electrons. The summed E-state index contributed by atoms with van der Waals surface area (Å²) in [5, 5.41) is 3.37. The quantitative estimate of drug-likeness (QED) is 0.815. The van der Waals surface area contributed by atoms with Crippen molar-refractivity contribution in [3.05, 3.63) is 35.9 Å². The van der Waals surface area contributed by atoms with Gasteiger partial charge < -0.3 is 5.32 Å². The van der Waals surface area contributed by atoms with E-state index in [9.17, 15) is 4.79 Å². The standard InChI is InChI=1S/C15H21NO/c17-15(12-16-14-8-4-5-9-14)11-10-13-6-2-1-3-7-13/h1-3,6-7,14,16H,4-5,8-12H2. The van der Waals surface area contributed by atoms with Gasteiger partial charge >= 0.3 is 0 Å². The number of Topliss-reactive ketones (excluding diaryl/α,β-unsaturated/α-hetero) is 1. The van der Waals surface area contributed by atoms with Gasteiger partial charge in [-0.15, -0.1) is 0 Å². The topological polar surface area (TPSA) is 29.1 Å². The van der Waals surface area contributed by atoms with Gasteiger partial charge in [-0.05, 0) is 24.8 Å². The molecule has 1 aromatic rings. The zero-order chi connectivity index (χ0) is 11.9. The average molecular weight is 231 g/mol. The Morgan fingerprint density at radius 2 is 1.88 bits per heavy atom. The first-order chi connectivity index (χ1) is 8.34. The summed E-state index contributed by atoms with van der Waals surface area (Å²) >= 11 is 0. The van der Waals surface area contributed by atoms with Crippen LogP contribution < -0.4 is 5.32 Å². The highest BCUT2D eigenvalue weighted by molar-refractivity contribution is 5.80. The molecule has 0 bridgehead atoms. The van der Waals surface area contributed by atoms with E-state index in [0.29, 0.717) is 24.8 Å². The number of ketones is 1. The Morgan fingerprint density at radius 1 is 1.18 bits per heavy atom. The number of rotatable bonds is 6. The summed E-state index contributed by atoms with van der Waals surface area (Å²) in [5.41, 5.74) is 1.25. The number of aryl methyl sites for hydroxylation is 1. The van der Waals surface area contributed by atoms with Crippen molar-refractivity contribution in [3.63, 3.8) is 0 Å². The van der Waals surface area contributed by atoms with Gasteiger partial charge in [0, 0.05) is 12.5 Å². The van der Waals surface area contributed by atoms with E-state index < -0.39 is 0 Å². The summed E-state index contributed by atoms with van der Waals surface area (Å²) in [6, 6.07) is 10.8. The minimum atomic E-state index is 0.334. The van der Waals surface area contributed by atoms with E-state index in [1.807, 2.05) is 18.2 Å². The Hall–Kier alpha value is -1.15. The van der Waals surface area contributed by atoms with Crippen molar-refractivity contribution in [1.82, 2.24) is 5.32 Å². The van der Waals surface area contributed by atoms with E-state index in [0.717, 1.165) is 6.42 Å². The maximum Gasteiger partial charge on any atom is 0.146 e. The Labute approximate surface area is 103 Å². The van der Waals surface area contributed by atoms with Crippen molar-refractivity contribution in [1.29, 1.82) is 0 Å². The molecule has 1 N–H and O–H groups in total. The van der Waals surface area contributed by atoms with Gasteiger partial charge in [0.05, 0.1) is 6.54 Å². The number of benzene rings is 1. The van der Waals surface area contributed by atoms with Crippen LogP contribution in [0.1, 0.15) is 37.7 Å². The minimum absolute atomic E-state index is 0.334. The summed E-state index contributed by atoms with van der Waals surface area (Å²) in [6.45, 7) is 0.553. The molecule has 0 spiro atoms. The van der Waals surface area contributed by atoms with Gasteiger partial charge in [0.2, 0.25) is 0 Å². The summed E-state index contributed by atoms with van der Waals surface area (Å²) in [4.78, 5) is 11.7. The number of carbonyl (C=O) groups is 1. The van der Waals surface area contributed by atoms with E-state index in [1.54, 1.807) is 0 Å². The fourth-order valence-electron chi connectivity index (χ4n) is 2.40. The molecule has 0 amide bonds. The van der Waals surface area contributed by atoms with Crippen molar-refractivity contribution in [2.45, 2.75) is 44.6 Å². The van der Waals surface area contributed by atoms with Crippen LogP contribution in [0.5, 0.6) is 0 Å². The van der Waals surface area contributed by atoms with Crippen molar-refractivity contribution in [2.75, 3.05) is 6.54 Å². The van der Waals surface area contributed by atoms with Crippen molar-refractivity contribution < 1.29 is 4.79 Å². The molecule has 0 heterocycles. The Balaban J connectivity index is 1.64. The number of hydrogen-bond donors (Lipinski definition) is 1.